The number of fused-ring (bicyclic) bond motifs is 1. The molecule has 0 saturated carbocycles. The Morgan fingerprint density at radius 1 is 1.03 bits per heavy atom. The van der Waals surface area contributed by atoms with Crippen LogP contribution in [0, 0.1) is 0 Å². The molecular weight excluding hydrogens is 466 g/mol. The Morgan fingerprint density at radius 3 is 2.39 bits per heavy atom. The summed E-state index contributed by atoms with van der Waals surface area (Å²) in [4.78, 5) is 29.3. The molecule has 4 heterocycles. The van der Waals surface area contributed by atoms with Crippen LogP contribution in [0.15, 0.2) is 54.5 Å². The Kier molecular flexibility index (Phi) is 5.67. The highest BCUT2D eigenvalue weighted by molar-refractivity contribution is 6.19. The molecule has 1 fully saturated rings. The Morgan fingerprint density at radius 2 is 1.72 bits per heavy atom. The Labute approximate surface area is 205 Å². The molecule has 0 amide bonds. The second-order valence-electron chi connectivity index (χ2n) is 8.55. The fourth-order valence-corrected chi connectivity index (χ4v) is 3.92. The van der Waals surface area contributed by atoms with Crippen molar-refractivity contribution in [1.82, 2.24) is 24.5 Å². The van der Waals surface area contributed by atoms with Crippen molar-refractivity contribution in [3.05, 3.63) is 65.8 Å². The molecule has 1 saturated heterocycles. The van der Waals surface area contributed by atoms with E-state index in [1.807, 2.05) is 22.8 Å². The highest BCUT2D eigenvalue weighted by Crippen LogP contribution is 2.28. The van der Waals surface area contributed by atoms with E-state index < -0.39 is 17.7 Å². The molecule has 0 radical (unpaired) electrons. The highest BCUT2D eigenvalue weighted by atomic mass is 16.7. The summed E-state index contributed by atoms with van der Waals surface area (Å²) in [6.45, 7) is 3.36. The molecule has 184 valence electrons. The lowest BCUT2D eigenvalue weighted by atomic mass is 10.1. The number of cyclic esters (lactones) is 2. The van der Waals surface area contributed by atoms with E-state index in [-0.39, 0.29) is 5.57 Å². The van der Waals surface area contributed by atoms with E-state index >= 15 is 0 Å². The van der Waals surface area contributed by atoms with Gasteiger partial charge in [0.1, 0.15) is 28.4 Å². The van der Waals surface area contributed by atoms with Crippen LogP contribution in [-0.2, 0) is 25.6 Å². The second kappa shape index (κ2) is 8.84. The van der Waals surface area contributed by atoms with Gasteiger partial charge in [0.25, 0.3) is 5.79 Å². The Bertz CT molecular complexity index is 1470. The van der Waals surface area contributed by atoms with Gasteiger partial charge in [-0.1, -0.05) is 5.21 Å². The quantitative estimate of drug-likeness (QED) is 0.229. The molecule has 36 heavy (non-hydrogen) atoms. The van der Waals surface area contributed by atoms with Crippen LogP contribution in [-0.4, -0.2) is 56.5 Å². The molecule has 11 heteroatoms. The lowest BCUT2D eigenvalue weighted by Gasteiger charge is -2.29. The van der Waals surface area contributed by atoms with Gasteiger partial charge < -0.3 is 23.5 Å². The van der Waals surface area contributed by atoms with E-state index in [0.29, 0.717) is 34.9 Å². The van der Waals surface area contributed by atoms with Gasteiger partial charge in [0.15, 0.2) is 0 Å². The summed E-state index contributed by atoms with van der Waals surface area (Å²) in [5.74, 6) is -1.53. The smallest absolute Gasteiger partial charge is 0.348 e. The van der Waals surface area contributed by atoms with E-state index in [0.717, 1.165) is 11.1 Å². The topological polar surface area (TPSA) is 120 Å². The first kappa shape index (κ1) is 23.1. The monoisotopic (exact) mass is 489 g/mol. The van der Waals surface area contributed by atoms with E-state index in [1.54, 1.807) is 49.6 Å². The Balaban J connectivity index is 1.48. The number of carbonyl (C=O) groups is 2. The third kappa shape index (κ3) is 4.38. The molecule has 3 aromatic heterocycles. The number of nitrogens with zero attached hydrogens (tertiary/aromatic N) is 5. The summed E-state index contributed by atoms with van der Waals surface area (Å²) in [6, 6.07) is 9.05. The standard InChI is InChI=1S/C25H23N5O6/c1-25(2)35-23(31)21(24(32)36-25)8-15-12-29(22-20(15)6-5-7-26-22)13-16-14-30(28-27-16)17-9-18(33-3)11-19(10-17)34-4/h5-12,14H,13H2,1-4H3. The lowest BCUT2D eigenvalue weighted by Crippen LogP contribution is -2.41. The van der Waals surface area contributed by atoms with Crippen LogP contribution in [0.5, 0.6) is 11.5 Å². The number of hydrogen-bond acceptors (Lipinski definition) is 9. The molecule has 5 rings (SSSR count). The van der Waals surface area contributed by atoms with Gasteiger partial charge in [-0.3, -0.25) is 0 Å². The van der Waals surface area contributed by atoms with Crippen molar-refractivity contribution in [2.24, 2.45) is 0 Å². The molecule has 0 unspecified atom stereocenters. The van der Waals surface area contributed by atoms with Crippen molar-refractivity contribution in [1.29, 1.82) is 0 Å². The second-order valence-corrected chi connectivity index (χ2v) is 8.55. The predicted octanol–water partition coefficient (Wildman–Crippen LogP) is 2.90. The number of aromatic nitrogens is 5. The van der Waals surface area contributed by atoms with Crippen LogP contribution >= 0.6 is 0 Å². The van der Waals surface area contributed by atoms with Crippen molar-refractivity contribution < 1.29 is 28.5 Å². The molecule has 0 aliphatic carbocycles. The van der Waals surface area contributed by atoms with Gasteiger partial charge in [0.2, 0.25) is 0 Å². The fourth-order valence-electron chi connectivity index (χ4n) is 3.92. The fraction of sp³-hybridized carbons (Fsp3) is 0.240. The minimum absolute atomic E-state index is 0.185. The zero-order chi connectivity index (χ0) is 25.4. The van der Waals surface area contributed by atoms with Gasteiger partial charge in [-0.2, -0.15) is 0 Å². The summed E-state index contributed by atoms with van der Waals surface area (Å²) in [7, 11) is 3.16. The van der Waals surface area contributed by atoms with Crippen molar-refractivity contribution >= 4 is 29.0 Å². The van der Waals surface area contributed by atoms with Crippen LogP contribution in [0.4, 0.5) is 0 Å². The van der Waals surface area contributed by atoms with Gasteiger partial charge in [-0.25, -0.2) is 19.3 Å². The largest absolute Gasteiger partial charge is 0.497 e. The number of methoxy groups -OCH3 is 2. The predicted molar refractivity (Wildman–Crippen MR) is 128 cm³/mol. The van der Waals surface area contributed by atoms with Crippen molar-refractivity contribution in [3.63, 3.8) is 0 Å². The van der Waals surface area contributed by atoms with Crippen LogP contribution in [0.2, 0.25) is 0 Å². The maximum atomic E-state index is 12.4. The minimum Gasteiger partial charge on any atom is -0.497 e. The average Bonchev–Trinajstić information content (AvgIpc) is 3.46. The summed E-state index contributed by atoms with van der Waals surface area (Å²) in [5, 5.41) is 9.27. The lowest BCUT2D eigenvalue weighted by molar-refractivity contribution is -0.222. The normalized spacial score (nSPS) is 14.9. The first-order chi connectivity index (χ1) is 17.3. The molecule has 1 aromatic carbocycles. The van der Waals surface area contributed by atoms with Gasteiger partial charge in [0, 0.05) is 55.4 Å². The van der Waals surface area contributed by atoms with Gasteiger partial charge in [0.05, 0.1) is 32.6 Å². The number of carbonyl (C=O) groups excluding carboxylic acids is 2. The molecular formula is C25H23N5O6. The van der Waals surface area contributed by atoms with E-state index in [9.17, 15) is 9.59 Å². The number of rotatable bonds is 6. The van der Waals surface area contributed by atoms with Crippen LogP contribution in [0.1, 0.15) is 25.1 Å². The zero-order valence-corrected chi connectivity index (χ0v) is 20.1. The van der Waals surface area contributed by atoms with Crippen LogP contribution < -0.4 is 9.47 Å². The first-order valence-corrected chi connectivity index (χ1v) is 11.0. The van der Waals surface area contributed by atoms with E-state index in [4.69, 9.17) is 18.9 Å². The average molecular weight is 489 g/mol. The summed E-state index contributed by atoms with van der Waals surface area (Å²) >= 11 is 0. The third-order valence-corrected chi connectivity index (χ3v) is 5.56. The molecule has 0 atom stereocenters. The van der Waals surface area contributed by atoms with Crippen molar-refractivity contribution in [2.75, 3.05) is 14.2 Å². The SMILES string of the molecule is COc1cc(OC)cc(-n2cc(Cn3cc(C=C4C(=O)OC(C)(C)OC4=O)c4cccnc43)nn2)c1. The maximum absolute atomic E-state index is 12.4. The molecule has 1 aliphatic rings. The van der Waals surface area contributed by atoms with Crippen molar-refractivity contribution in [3.8, 4) is 17.2 Å². The number of ether oxygens (including phenoxy) is 4. The number of pyridine rings is 1. The van der Waals surface area contributed by atoms with Crippen molar-refractivity contribution in [2.45, 2.75) is 26.2 Å². The maximum Gasteiger partial charge on any atom is 0.348 e. The van der Waals surface area contributed by atoms with Gasteiger partial charge >= 0.3 is 11.9 Å². The molecule has 0 N–H and O–H groups in total. The van der Waals surface area contributed by atoms with E-state index in [2.05, 4.69) is 15.3 Å². The van der Waals surface area contributed by atoms with E-state index in [1.165, 1.54) is 19.9 Å². The number of benzene rings is 1. The number of esters is 2. The molecule has 0 spiro atoms. The molecule has 1 aliphatic heterocycles. The van der Waals surface area contributed by atoms with Gasteiger partial charge in [-0.05, 0) is 18.2 Å². The Hall–Kier alpha value is -4.67. The summed E-state index contributed by atoms with van der Waals surface area (Å²) in [5.41, 5.74) is 2.47. The van der Waals surface area contributed by atoms with Crippen LogP contribution in [0.25, 0.3) is 22.8 Å². The summed E-state index contributed by atoms with van der Waals surface area (Å²) < 4.78 is 24.6. The molecule has 0 bridgehead atoms. The third-order valence-electron chi connectivity index (χ3n) is 5.56. The first-order valence-electron chi connectivity index (χ1n) is 11.0. The van der Waals surface area contributed by atoms with Crippen LogP contribution in [0.3, 0.4) is 0 Å². The summed E-state index contributed by atoms with van der Waals surface area (Å²) in [6.07, 6.45) is 6.71. The molecule has 11 nitrogen and oxygen atoms in total. The zero-order valence-electron chi connectivity index (χ0n) is 20.1. The minimum atomic E-state index is -1.31. The number of hydrogen-bond donors (Lipinski definition) is 0. The molecule has 4 aromatic rings. The van der Waals surface area contributed by atoms with Gasteiger partial charge in [-0.15, -0.1) is 5.10 Å². The highest BCUT2D eigenvalue weighted by Gasteiger charge is 2.39.